The molecule has 1 N–H and O–H groups in total. The summed E-state index contributed by atoms with van der Waals surface area (Å²) in [6, 6.07) is 13.3. The molecule has 0 radical (unpaired) electrons. The Labute approximate surface area is 155 Å². The van der Waals surface area contributed by atoms with Gasteiger partial charge in [0.05, 0.1) is 10.6 Å². The summed E-state index contributed by atoms with van der Waals surface area (Å²) in [5.74, 6) is -0.224. The number of amides is 1. The largest absolute Gasteiger partial charge is 0.351 e. The first-order chi connectivity index (χ1) is 12.2. The molecule has 2 aromatic carbocycles. The van der Waals surface area contributed by atoms with Crippen molar-refractivity contribution in [1.29, 1.82) is 0 Å². The lowest BCUT2D eigenvalue weighted by molar-refractivity contribution is 0.0951. The van der Waals surface area contributed by atoms with E-state index in [2.05, 4.69) is 5.32 Å². The smallest absolute Gasteiger partial charge is 0.264 e. The zero-order valence-electron chi connectivity index (χ0n) is 15.6. The topological polar surface area (TPSA) is 69.7 Å². The molecule has 2 rings (SSSR count). The molecule has 1 amide bonds. The van der Waals surface area contributed by atoms with E-state index in [1.54, 1.807) is 48.5 Å². The van der Waals surface area contributed by atoms with Gasteiger partial charge in [0.15, 0.2) is 0 Å². The Hall–Kier alpha value is -2.38. The van der Waals surface area contributed by atoms with Crippen LogP contribution in [-0.4, -0.2) is 53.5 Å². The molecule has 0 aliphatic rings. The Balaban J connectivity index is 2.28. The van der Waals surface area contributed by atoms with Gasteiger partial charge in [-0.15, -0.1) is 0 Å². The first-order valence-corrected chi connectivity index (χ1v) is 9.75. The number of likely N-dealkylation sites (N-methyl/N-ethyl adjacent to an activating group) is 1. The molecule has 7 heteroatoms. The highest BCUT2D eigenvalue weighted by Gasteiger charge is 2.23. The summed E-state index contributed by atoms with van der Waals surface area (Å²) in [5, 5.41) is 2.84. The highest BCUT2D eigenvalue weighted by Crippen LogP contribution is 2.26. The quantitative estimate of drug-likeness (QED) is 0.805. The Morgan fingerprint density at radius 3 is 2.31 bits per heavy atom. The summed E-state index contributed by atoms with van der Waals surface area (Å²) in [6.45, 7) is 3.07. The predicted molar refractivity (Wildman–Crippen MR) is 104 cm³/mol. The van der Waals surface area contributed by atoms with Crippen molar-refractivity contribution in [3.05, 3.63) is 59.7 Å². The SMILES string of the molecule is Cc1ccc(C(=O)NCCN(C)C)cc1N(C)S(=O)(=O)c1ccccc1. The Morgan fingerprint density at radius 1 is 1.04 bits per heavy atom. The van der Waals surface area contributed by atoms with Crippen molar-refractivity contribution in [2.75, 3.05) is 38.5 Å². The number of aryl methyl sites for hydroxylation is 1. The van der Waals surface area contributed by atoms with Crippen LogP contribution in [-0.2, 0) is 10.0 Å². The molecule has 0 fully saturated rings. The van der Waals surface area contributed by atoms with Crippen LogP contribution in [0.4, 0.5) is 5.69 Å². The predicted octanol–water partition coefficient (Wildman–Crippen LogP) is 2.11. The zero-order valence-corrected chi connectivity index (χ0v) is 16.4. The summed E-state index contributed by atoms with van der Waals surface area (Å²) in [5.41, 5.74) is 1.69. The van der Waals surface area contributed by atoms with Crippen LogP contribution < -0.4 is 9.62 Å². The molecule has 0 atom stereocenters. The van der Waals surface area contributed by atoms with Crippen molar-refractivity contribution in [2.45, 2.75) is 11.8 Å². The second kappa shape index (κ2) is 8.33. The summed E-state index contributed by atoms with van der Waals surface area (Å²) < 4.78 is 26.9. The average Bonchev–Trinajstić information content (AvgIpc) is 2.61. The van der Waals surface area contributed by atoms with Gasteiger partial charge >= 0.3 is 0 Å². The number of sulfonamides is 1. The second-order valence-electron chi connectivity index (χ2n) is 6.35. The van der Waals surface area contributed by atoms with Crippen molar-refractivity contribution in [3.63, 3.8) is 0 Å². The van der Waals surface area contributed by atoms with Gasteiger partial charge < -0.3 is 10.2 Å². The van der Waals surface area contributed by atoms with Crippen LogP contribution in [0, 0.1) is 6.92 Å². The first kappa shape index (κ1) is 19.9. The van der Waals surface area contributed by atoms with Crippen LogP contribution in [0.5, 0.6) is 0 Å². The van der Waals surface area contributed by atoms with Gasteiger partial charge in [0.2, 0.25) is 0 Å². The van der Waals surface area contributed by atoms with Gasteiger partial charge in [0.1, 0.15) is 0 Å². The van der Waals surface area contributed by atoms with E-state index in [1.165, 1.54) is 11.4 Å². The number of carbonyl (C=O) groups is 1. The Morgan fingerprint density at radius 2 is 1.69 bits per heavy atom. The molecule has 6 nitrogen and oxygen atoms in total. The number of nitrogens with one attached hydrogen (secondary N) is 1. The normalized spacial score (nSPS) is 11.4. The molecule has 0 unspecified atom stereocenters. The van der Waals surface area contributed by atoms with Crippen molar-refractivity contribution in [2.24, 2.45) is 0 Å². The van der Waals surface area contributed by atoms with Crippen molar-refractivity contribution in [1.82, 2.24) is 10.2 Å². The van der Waals surface area contributed by atoms with Crippen LogP contribution in [0.25, 0.3) is 0 Å². The second-order valence-corrected chi connectivity index (χ2v) is 8.32. The van der Waals surface area contributed by atoms with E-state index in [1.807, 2.05) is 25.9 Å². The molecule has 0 spiro atoms. The maximum atomic E-state index is 12.8. The minimum Gasteiger partial charge on any atom is -0.351 e. The lowest BCUT2D eigenvalue weighted by Gasteiger charge is -2.22. The highest BCUT2D eigenvalue weighted by molar-refractivity contribution is 7.92. The number of anilines is 1. The van der Waals surface area contributed by atoms with Gasteiger partial charge in [-0.05, 0) is 50.8 Å². The van der Waals surface area contributed by atoms with E-state index in [-0.39, 0.29) is 10.8 Å². The molecule has 0 heterocycles. The lowest BCUT2D eigenvalue weighted by Crippen LogP contribution is -2.32. The third kappa shape index (κ3) is 4.62. The molecule has 140 valence electrons. The Kier molecular flexibility index (Phi) is 6.39. The van der Waals surface area contributed by atoms with E-state index >= 15 is 0 Å². The fraction of sp³-hybridized carbons (Fsp3) is 0.316. The molecule has 2 aromatic rings. The lowest BCUT2D eigenvalue weighted by atomic mass is 10.1. The highest BCUT2D eigenvalue weighted by atomic mass is 32.2. The van der Waals surface area contributed by atoms with Gasteiger partial charge in [0, 0.05) is 25.7 Å². The molecular weight excluding hydrogens is 350 g/mol. The third-order valence-electron chi connectivity index (χ3n) is 4.06. The van der Waals surface area contributed by atoms with Crippen LogP contribution in [0.15, 0.2) is 53.4 Å². The third-order valence-corrected chi connectivity index (χ3v) is 5.84. The van der Waals surface area contributed by atoms with Gasteiger partial charge in [-0.25, -0.2) is 8.42 Å². The van der Waals surface area contributed by atoms with Crippen molar-refractivity contribution in [3.8, 4) is 0 Å². The van der Waals surface area contributed by atoms with Crippen molar-refractivity contribution >= 4 is 21.6 Å². The van der Waals surface area contributed by atoms with Crippen LogP contribution >= 0.6 is 0 Å². The maximum absolute atomic E-state index is 12.8. The first-order valence-electron chi connectivity index (χ1n) is 8.31. The minimum atomic E-state index is -3.69. The van der Waals surface area contributed by atoms with Gasteiger partial charge in [-0.3, -0.25) is 9.10 Å². The standard InChI is InChI=1S/C19H25N3O3S/c1-15-10-11-16(19(23)20-12-13-21(2)3)14-18(15)22(4)26(24,25)17-8-6-5-7-9-17/h5-11,14H,12-13H2,1-4H3,(H,20,23). The minimum absolute atomic E-state index is 0.211. The number of benzene rings is 2. The van der Waals surface area contributed by atoms with E-state index < -0.39 is 10.0 Å². The van der Waals surface area contributed by atoms with E-state index in [4.69, 9.17) is 0 Å². The fourth-order valence-corrected chi connectivity index (χ4v) is 3.74. The molecule has 0 aliphatic heterocycles. The summed E-state index contributed by atoms with van der Waals surface area (Å²) in [7, 11) is 1.67. The molecule has 0 aliphatic carbocycles. The van der Waals surface area contributed by atoms with Crippen LogP contribution in [0.3, 0.4) is 0 Å². The molecule has 0 saturated carbocycles. The zero-order chi connectivity index (χ0) is 19.3. The van der Waals surface area contributed by atoms with E-state index in [0.717, 1.165) is 12.1 Å². The monoisotopic (exact) mass is 375 g/mol. The molecule has 0 saturated heterocycles. The molecule has 0 aromatic heterocycles. The summed E-state index contributed by atoms with van der Waals surface area (Å²) in [4.78, 5) is 14.5. The summed E-state index contributed by atoms with van der Waals surface area (Å²) in [6.07, 6.45) is 0. The molecule has 0 bridgehead atoms. The Bertz CT molecular complexity index is 865. The summed E-state index contributed by atoms with van der Waals surface area (Å²) >= 11 is 0. The number of hydrogen-bond donors (Lipinski definition) is 1. The van der Waals surface area contributed by atoms with E-state index in [0.29, 0.717) is 17.8 Å². The van der Waals surface area contributed by atoms with Gasteiger partial charge in [0.25, 0.3) is 15.9 Å². The van der Waals surface area contributed by atoms with Crippen LogP contribution in [0.2, 0.25) is 0 Å². The average molecular weight is 375 g/mol. The van der Waals surface area contributed by atoms with Crippen molar-refractivity contribution < 1.29 is 13.2 Å². The number of hydrogen-bond acceptors (Lipinski definition) is 4. The van der Waals surface area contributed by atoms with Gasteiger partial charge in [-0.1, -0.05) is 24.3 Å². The van der Waals surface area contributed by atoms with Gasteiger partial charge in [-0.2, -0.15) is 0 Å². The van der Waals surface area contributed by atoms with Crippen LogP contribution in [0.1, 0.15) is 15.9 Å². The maximum Gasteiger partial charge on any atom is 0.264 e. The molecular formula is C19H25N3O3S. The number of nitrogens with zero attached hydrogens (tertiary/aromatic N) is 2. The molecule has 26 heavy (non-hydrogen) atoms. The number of rotatable bonds is 7. The van der Waals surface area contributed by atoms with E-state index in [9.17, 15) is 13.2 Å². The number of carbonyl (C=O) groups excluding carboxylic acids is 1. The fourth-order valence-electron chi connectivity index (χ4n) is 2.47.